The molecule has 3 rings (SSSR count). The van der Waals surface area contributed by atoms with Gasteiger partial charge >= 0.3 is 0 Å². The van der Waals surface area contributed by atoms with Crippen molar-refractivity contribution in [3.8, 4) is 10.4 Å². The maximum Gasteiger partial charge on any atom is 0.260 e. The molecule has 86 valence electrons. The molecule has 0 saturated heterocycles. The predicted molar refractivity (Wildman–Crippen MR) is 73.0 cm³/mol. The zero-order valence-electron chi connectivity index (χ0n) is 9.40. The largest absolute Gasteiger partial charge is 0.310 e. The first-order chi connectivity index (χ1) is 8.15. The van der Waals surface area contributed by atoms with Gasteiger partial charge in [0.25, 0.3) is 5.56 Å². The molecule has 0 spiro atoms. The van der Waals surface area contributed by atoms with Gasteiger partial charge in [0, 0.05) is 20.7 Å². The molecule has 0 radical (unpaired) electrons. The summed E-state index contributed by atoms with van der Waals surface area (Å²) in [5.74, 6) is 0.665. The number of rotatable bonds is 1. The molecule has 3 nitrogen and oxygen atoms in total. The van der Waals surface area contributed by atoms with Crippen molar-refractivity contribution in [3.05, 3.63) is 38.6 Å². The molecule has 3 heterocycles. The molecule has 0 unspecified atom stereocenters. The van der Waals surface area contributed by atoms with Gasteiger partial charge in [-0.05, 0) is 26.0 Å². The van der Waals surface area contributed by atoms with Gasteiger partial charge in [0.2, 0.25) is 0 Å². The number of aromatic amines is 1. The molecule has 0 aliphatic rings. The van der Waals surface area contributed by atoms with Crippen LogP contribution in [0.4, 0.5) is 0 Å². The Kier molecular flexibility index (Phi) is 2.38. The molecule has 3 aromatic heterocycles. The second kappa shape index (κ2) is 3.78. The Morgan fingerprint density at radius 1 is 1.29 bits per heavy atom. The van der Waals surface area contributed by atoms with Crippen LogP contribution in [0.3, 0.4) is 0 Å². The summed E-state index contributed by atoms with van der Waals surface area (Å²) in [5, 5.41) is 2.72. The lowest BCUT2D eigenvalue weighted by molar-refractivity contribution is 1.07. The minimum Gasteiger partial charge on any atom is -0.310 e. The quantitative estimate of drug-likeness (QED) is 0.731. The van der Waals surface area contributed by atoms with Gasteiger partial charge in [-0.15, -0.1) is 22.7 Å². The average molecular weight is 262 g/mol. The van der Waals surface area contributed by atoms with Gasteiger partial charge in [-0.1, -0.05) is 0 Å². The van der Waals surface area contributed by atoms with Crippen molar-refractivity contribution in [2.24, 2.45) is 0 Å². The molecule has 0 bridgehead atoms. The summed E-state index contributed by atoms with van der Waals surface area (Å²) in [6, 6.07) is 4.13. The summed E-state index contributed by atoms with van der Waals surface area (Å²) in [6.45, 7) is 3.87. The molecule has 5 heteroatoms. The smallest absolute Gasteiger partial charge is 0.260 e. The van der Waals surface area contributed by atoms with Crippen LogP contribution in [-0.2, 0) is 0 Å². The molecule has 17 heavy (non-hydrogen) atoms. The van der Waals surface area contributed by atoms with Crippen LogP contribution in [0.2, 0.25) is 0 Å². The summed E-state index contributed by atoms with van der Waals surface area (Å²) in [7, 11) is 0. The van der Waals surface area contributed by atoms with Crippen molar-refractivity contribution in [1.82, 2.24) is 9.97 Å². The predicted octanol–water partition coefficient (Wildman–Crippen LogP) is 3.33. The van der Waals surface area contributed by atoms with Gasteiger partial charge in [0.05, 0.1) is 5.39 Å². The van der Waals surface area contributed by atoms with E-state index in [9.17, 15) is 4.79 Å². The van der Waals surface area contributed by atoms with Gasteiger partial charge in [0.1, 0.15) is 10.7 Å². The number of aryl methyl sites for hydroxylation is 2. The SMILES string of the molecule is Cc1nc2scc(-c3ccc(C)s3)c2c(=O)[nH]1. The number of H-pyrrole nitrogens is 1. The van der Waals surface area contributed by atoms with Gasteiger partial charge in [-0.3, -0.25) is 4.79 Å². The number of hydrogen-bond acceptors (Lipinski definition) is 4. The topological polar surface area (TPSA) is 45.8 Å². The normalized spacial score (nSPS) is 11.2. The van der Waals surface area contributed by atoms with Gasteiger partial charge in [0.15, 0.2) is 0 Å². The van der Waals surface area contributed by atoms with Crippen LogP contribution in [0, 0.1) is 13.8 Å². The summed E-state index contributed by atoms with van der Waals surface area (Å²) >= 11 is 3.22. The van der Waals surface area contributed by atoms with Crippen LogP contribution in [0.1, 0.15) is 10.7 Å². The van der Waals surface area contributed by atoms with E-state index in [4.69, 9.17) is 0 Å². The number of aromatic nitrogens is 2. The van der Waals surface area contributed by atoms with Crippen molar-refractivity contribution in [3.63, 3.8) is 0 Å². The Morgan fingerprint density at radius 3 is 2.82 bits per heavy atom. The minimum atomic E-state index is -0.0465. The van der Waals surface area contributed by atoms with E-state index in [0.717, 1.165) is 15.3 Å². The lowest BCUT2D eigenvalue weighted by Crippen LogP contribution is -2.08. The highest BCUT2D eigenvalue weighted by Gasteiger charge is 2.12. The number of nitrogens with one attached hydrogen (secondary N) is 1. The highest BCUT2D eigenvalue weighted by molar-refractivity contribution is 7.19. The van der Waals surface area contributed by atoms with Crippen LogP contribution >= 0.6 is 22.7 Å². The Labute approximate surface area is 106 Å². The lowest BCUT2D eigenvalue weighted by atomic mass is 10.2. The fourth-order valence-corrected chi connectivity index (χ4v) is 3.77. The number of thiophene rings is 2. The van der Waals surface area contributed by atoms with Crippen LogP contribution < -0.4 is 5.56 Å². The molecule has 0 aromatic carbocycles. The molecule has 0 saturated carbocycles. The molecule has 0 atom stereocenters. The zero-order valence-corrected chi connectivity index (χ0v) is 11.0. The Balaban J connectivity index is 2.35. The highest BCUT2D eigenvalue weighted by Crippen LogP contribution is 2.34. The maximum atomic E-state index is 12.0. The summed E-state index contributed by atoms with van der Waals surface area (Å²) < 4.78 is 0. The summed E-state index contributed by atoms with van der Waals surface area (Å²) in [4.78, 5) is 22.3. The van der Waals surface area contributed by atoms with Gasteiger partial charge in [-0.25, -0.2) is 4.98 Å². The van der Waals surface area contributed by atoms with E-state index < -0.39 is 0 Å². The van der Waals surface area contributed by atoms with E-state index in [0.29, 0.717) is 11.2 Å². The van der Waals surface area contributed by atoms with E-state index in [1.165, 1.54) is 16.2 Å². The van der Waals surface area contributed by atoms with E-state index in [2.05, 4.69) is 29.0 Å². The molecule has 1 N–H and O–H groups in total. The van der Waals surface area contributed by atoms with Crippen LogP contribution in [0.25, 0.3) is 20.7 Å². The number of nitrogens with zero attached hydrogens (tertiary/aromatic N) is 1. The van der Waals surface area contributed by atoms with E-state index in [-0.39, 0.29) is 5.56 Å². The zero-order chi connectivity index (χ0) is 12.0. The summed E-state index contributed by atoms with van der Waals surface area (Å²) in [6.07, 6.45) is 0. The molecule has 0 amide bonds. The first-order valence-corrected chi connectivity index (χ1v) is 6.89. The fourth-order valence-electron chi connectivity index (χ4n) is 1.82. The van der Waals surface area contributed by atoms with Gasteiger partial charge in [-0.2, -0.15) is 0 Å². The van der Waals surface area contributed by atoms with Crippen molar-refractivity contribution < 1.29 is 0 Å². The van der Waals surface area contributed by atoms with E-state index in [1.807, 2.05) is 5.38 Å². The first-order valence-electron chi connectivity index (χ1n) is 5.20. The monoisotopic (exact) mass is 262 g/mol. The molecular formula is C12H10N2OS2. The minimum absolute atomic E-state index is 0.0465. The second-order valence-corrected chi connectivity index (χ2v) is 6.04. The van der Waals surface area contributed by atoms with Crippen LogP contribution in [-0.4, -0.2) is 9.97 Å². The standard InChI is InChI=1S/C12H10N2OS2/c1-6-3-4-9(17-6)8-5-16-12-10(8)11(15)13-7(2)14-12/h3-5H,1-2H3,(H,13,14,15). The van der Waals surface area contributed by atoms with E-state index in [1.54, 1.807) is 18.3 Å². The Bertz CT molecular complexity index is 751. The fraction of sp³-hybridized carbons (Fsp3) is 0.167. The van der Waals surface area contributed by atoms with Crippen molar-refractivity contribution in [2.75, 3.05) is 0 Å². The number of fused-ring (bicyclic) bond motifs is 1. The first kappa shape index (κ1) is 10.7. The lowest BCUT2D eigenvalue weighted by Gasteiger charge is -1.95. The van der Waals surface area contributed by atoms with Crippen molar-refractivity contribution in [1.29, 1.82) is 0 Å². The van der Waals surface area contributed by atoms with Crippen molar-refractivity contribution >= 4 is 32.9 Å². The van der Waals surface area contributed by atoms with Crippen LogP contribution in [0.15, 0.2) is 22.3 Å². The highest BCUT2D eigenvalue weighted by atomic mass is 32.1. The van der Waals surface area contributed by atoms with Crippen molar-refractivity contribution in [2.45, 2.75) is 13.8 Å². The van der Waals surface area contributed by atoms with E-state index >= 15 is 0 Å². The van der Waals surface area contributed by atoms with Gasteiger partial charge < -0.3 is 4.98 Å². The average Bonchev–Trinajstić information content (AvgIpc) is 2.83. The summed E-state index contributed by atoms with van der Waals surface area (Å²) in [5.41, 5.74) is 0.951. The number of hydrogen-bond donors (Lipinski definition) is 1. The third kappa shape index (κ3) is 1.71. The third-order valence-corrected chi connectivity index (χ3v) is 4.47. The molecule has 0 aliphatic heterocycles. The third-order valence-electron chi connectivity index (χ3n) is 2.57. The Morgan fingerprint density at radius 2 is 2.12 bits per heavy atom. The maximum absolute atomic E-state index is 12.0. The molecule has 3 aromatic rings. The molecular weight excluding hydrogens is 252 g/mol. The molecule has 0 aliphatic carbocycles. The second-order valence-electron chi connectivity index (χ2n) is 3.89. The van der Waals surface area contributed by atoms with Crippen LogP contribution in [0.5, 0.6) is 0 Å². The molecule has 0 fully saturated rings. The Hall–Kier alpha value is -1.46.